The fourth-order valence-electron chi connectivity index (χ4n) is 4.69. The normalized spacial score (nSPS) is 19.9. The van der Waals surface area contributed by atoms with Crippen LogP contribution in [-0.2, 0) is 6.42 Å². The van der Waals surface area contributed by atoms with Crippen molar-refractivity contribution in [3.05, 3.63) is 69.5 Å². The summed E-state index contributed by atoms with van der Waals surface area (Å²) < 4.78 is 18.9. The quantitative estimate of drug-likeness (QED) is 0.626. The first kappa shape index (κ1) is 19.9. The molecule has 1 N–H and O–H groups in total. The molecule has 0 atom stereocenters. The number of rotatable bonds is 6. The summed E-state index contributed by atoms with van der Waals surface area (Å²) in [7, 11) is 2.21. The Balaban J connectivity index is 1.28. The maximum atomic E-state index is 13.7. The number of aryl methyl sites for hydroxylation is 1. The highest BCUT2D eigenvalue weighted by molar-refractivity contribution is 5.72. The molecule has 1 heterocycles. The Labute approximate surface area is 170 Å². The van der Waals surface area contributed by atoms with Crippen LogP contribution in [0.15, 0.2) is 45.6 Å². The number of fused-ring (bicyclic) bond motifs is 1. The summed E-state index contributed by atoms with van der Waals surface area (Å²) in [5, 5.41) is 0. The average Bonchev–Trinajstić information content (AvgIpc) is 3.10. The van der Waals surface area contributed by atoms with E-state index in [2.05, 4.69) is 23.0 Å². The van der Waals surface area contributed by atoms with E-state index >= 15 is 0 Å². The first-order valence-electron chi connectivity index (χ1n) is 10.6. The second kappa shape index (κ2) is 8.54. The second-order valence-electron chi connectivity index (χ2n) is 8.38. The number of halogens is 1. The van der Waals surface area contributed by atoms with E-state index in [-0.39, 0.29) is 5.82 Å². The van der Waals surface area contributed by atoms with Gasteiger partial charge in [-0.1, -0.05) is 18.2 Å². The monoisotopic (exact) mass is 396 g/mol. The number of hydrogen-bond acceptors (Lipinski definition) is 3. The molecule has 3 aromatic rings. The fraction of sp³-hybridized carbons (Fsp3) is 0.458. The molecule has 1 aliphatic rings. The molecule has 0 amide bonds. The Morgan fingerprint density at radius 2 is 1.97 bits per heavy atom. The third kappa shape index (κ3) is 4.45. The van der Waals surface area contributed by atoms with Crippen molar-refractivity contribution in [1.29, 1.82) is 0 Å². The molecular weight excluding hydrogens is 367 g/mol. The van der Waals surface area contributed by atoms with Gasteiger partial charge in [0.25, 0.3) is 0 Å². The van der Waals surface area contributed by atoms with Crippen LogP contribution in [0.3, 0.4) is 0 Å². The smallest absolute Gasteiger partial charge is 0.408 e. The highest BCUT2D eigenvalue weighted by Crippen LogP contribution is 2.35. The molecule has 1 aliphatic carbocycles. The predicted molar refractivity (Wildman–Crippen MR) is 114 cm³/mol. The van der Waals surface area contributed by atoms with E-state index in [9.17, 15) is 9.18 Å². The number of aromatic nitrogens is 1. The van der Waals surface area contributed by atoms with E-state index in [1.54, 1.807) is 6.07 Å². The highest BCUT2D eigenvalue weighted by atomic mass is 19.1. The first-order valence-corrected chi connectivity index (χ1v) is 10.6. The summed E-state index contributed by atoms with van der Waals surface area (Å²) in [6.07, 6.45) is 6.62. The van der Waals surface area contributed by atoms with Gasteiger partial charge in [0.2, 0.25) is 0 Å². The first-order chi connectivity index (χ1) is 14.0. The van der Waals surface area contributed by atoms with Gasteiger partial charge >= 0.3 is 5.76 Å². The van der Waals surface area contributed by atoms with Crippen LogP contribution in [0.5, 0.6) is 0 Å². The molecule has 2 aromatic carbocycles. The van der Waals surface area contributed by atoms with E-state index < -0.39 is 5.76 Å². The third-order valence-corrected chi connectivity index (χ3v) is 6.57. The zero-order valence-electron chi connectivity index (χ0n) is 17.2. The van der Waals surface area contributed by atoms with Crippen LogP contribution >= 0.6 is 0 Å². The van der Waals surface area contributed by atoms with Crippen LogP contribution in [0, 0.1) is 12.7 Å². The molecule has 1 aromatic heterocycles. The molecule has 29 heavy (non-hydrogen) atoms. The zero-order valence-corrected chi connectivity index (χ0v) is 17.2. The van der Waals surface area contributed by atoms with Crippen molar-refractivity contribution in [3.63, 3.8) is 0 Å². The van der Waals surface area contributed by atoms with Gasteiger partial charge in [-0.15, -0.1) is 0 Å². The van der Waals surface area contributed by atoms with Crippen LogP contribution in [0.4, 0.5) is 4.39 Å². The summed E-state index contributed by atoms with van der Waals surface area (Å²) in [4.78, 5) is 16.5. The second-order valence-corrected chi connectivity index (χ2v) is 8.38. The number of nitrogens with one attached hydrogen (secondary N) is 1. The van der Waals surface area contributed by atoms with Gasteiger partial charge in [0, 0.05) is 6.04 Å². The van der Waals surface area contributed by atoms with Gasteiger partial charge in [0.05, 0.1) is 5.52 Å². The lowest BCUT2D eigenvalue weighted by atomic mass is 9.81. The van der Waals surface area contributed by atoms with E-state index in [0.717, 1.165) is 48.9 Å². The number of hydrogen-bond donors (Lipinski definition) is 1. The minimum absolute atomic E-state index is 0.105. The number of H-pyrrole nitrogens is 1. The molecule has 0 saturated heterocycles. The van der Waals surface area contributed by atoms with Gasteiger partial charge in [0.1, 0.15) is 5.82 Å². The average molecular weight is 397 g/mol. The Morgan fingerprint density at radius 3 is 2.76 bits per heavy atom. The van der Waals surface area contributed by atoms with Crippen molar-refractivity contribution in [2.75, 3.05) is 13.6 Å². The van der Waals surface area contributed by atoms with E-state index in [1.807, 2.05) is 25.1 Å². The van der Waals surface area contributed by atoms with Crippen LogP contribution in [-0.4, -0.2) is 29.5 Å². The van der Waals surface area contributed by atoms with Gasteiger partial charge in [-0.05, 0) is 99.8 Å². The fourth-order valence-corrected chi connectivity index (χ4v) is 4.69. The van der Waals surface area contributed by atoms with Gasteiger partial charge in [-0.3, -0.25) is 4.98 Å². The molecule has 4 nitrogen and oxygen atoms in total. The minimum Gasteiger partial charge on any atom is -0.408 e. The number of oxazole rings is 1. The summed E-state index contributed by atoms with van der Waals surface area (Å²) >= 11 is 0. The zero-order chi connectivity index (χ0) is 20.4. The maximum absolute atomic E-state index is 13.7. The Hall–Kier alpha value is -2.40. The van der Waals surface area contributed by atoms with Crippen molar-refractivity contribution in [2.45, 2.75) is 57.4 Å². The van der Waals surface area contributed by atoms with Gasteiger partial charge in [-0.2, -0.15) is 0 Å². The van der Waals surface area contributed by atoms with Crippen molar-refractivity contribution in [3.8, 4) is 0 Å². The third-order valence-electron chi connectivity index (χ3n) is 6.57. The lowest BCUT2D eigenvalue weighted by molar-refractivity contribution is 0.181. The summed E-state index contributed by atoms with van der Waals surface area (Å²) in [6.45, 7) is 2.90. The Kier molecular flexibility index (Phi) is 5.86. The van der Waals surface area contributed by atoms with E-state index in [0.29, 0.717) is 17.5 Å². The summed E-state index contributed by atoms with van der Waals surface area (Å²) in [5.41, 5.74) is 4.59. The number of aromatic amines is 1. The standard InChI is InChI=1S/C24H29FN2O2/c1-16-17(5-3-7-21(16)25)6-4-14-27(2)20-11-8-18(9-12-20)19-10-13-22-23(15-19)29-24(28)26-22/h3,5,7,10,13,15,18,20H,4,6,8-9,11-12,14H2,1-2H3,(H,26,28)/t18-,20-. The molecule has 154 valence electrons. The van der Waals surface area contributed by atoms with Gasteiger partial charge < -0.3 is 9.32 Å². The van der Waals surface area contributed by atoms with Gasteiger partial charge in [-0.25, -0.2) is 9.18 Å². The maximum Gasteiger partial charge on any atom is 0.417 e. The molecule has 1 saturated carbocycles. The number of benzene rings is 2. The minimum atomic E-state index is -0.393. The van der Waals surface area contributed by atoms with Crippen LogP contribution in [0.25, 0.3) is 11.1 Å². The largest absolute Gasteiger partial charge is 0.417 e. The lowest BCUT2D eigenvalue weighted by Crippen LogP contribution is -2.35. The van der Waals surface area contributed by atoms with Crippen molar-refractivity contribution < 1.29 is 8.81 Å². The van der Waals surface area contributed by atoms with E-state index in [1.165, 1.54) is 24.5 Å². The van der Waals surface area contributed by atoms with Gasteiger partial charge in [0.15, 0.2) is 5.58 Å². The van der Waals surface area contributed by atoms with E-state index in [4.69, 9.17) is 4.42 Å². The molecule has 4 rings (SSSR count). The Bertz CT molecular complexity index is 1030. The summed E-state index contributed by atoms with van der Waals surface area (Å²) in [6, 6.07) is 12.1. The van der Waals surface area contributed by atoms with Crippen molar-refractivity contribution in [2.24, 2.45) is 0 Å². The molecule has 1 fully saturated rings. The summed E-state index contributed by atoms with van der Waals surface area (Å²) in [5.74, 6) is 0.0291. The van der Waals surface area contributed by atoms with Crippen LogP contribution in [0.2, 0.25) is 0 Å². The highest BCUT2D eigenvalue weighted by Gasteiger charge is 2.25. The van der Waals surface area contributed by atoms with Crippen LogP contribution < -0.4 is 5.76 Å². The molecule has 0 radical (unpaired) electrons. The van der Waals surface area contributed by atoms with Crippen molar-refractivity contribution in [1.82, 2.24) is 9.88 Å². The SMILES string of the molecule is Cc1c(F)cccc1CCCN(C)[C@H]1CC[C@H](c2ccc3[nH]c(=O)oc3c2)CC1. The molecule has 0 unspecified atom stereocenters. The molecule has 0 bridgehead atoms. The van der Waals surface area contributed by atoms with Crippen molar-refractivity contribution >= 4 is 11.1 Å². The predicted octanol–water partition coefficient (Wildman–Crippen LogP) is 5.16. The topological polar surface area (TPSA) is 49.2 Å². The lowest BCUT2D eigenvalue weighted by Gasteiger charge is -2.35. The van der Waals surface area contributed by atoms with Crippen LogP contribution in [0.1, 0.15) is 54.7 Å². The molecule has 5 heteroatoms. The molecule has 0 aliphatic heterocycles. The molecule has 0 spiro atoms. The molecular formula is C24H29FN2O2. The Morgan fingerprint density at radius 1 is 1.17 bits per heavy atom. The number of nitrogens with zero attached hydrogens (tertiary/aromatic N) is 1.